The van der Waals surface area contributed by atoms with Gasteiger partial charge in [-0.15, -0.1) is 0 Å². The zero-order valence-electron chi connectivity index (χ0n) is 12.8. The van der Waals surface area contributed by atoms with Gasteiger partial charge in [0, 0.05) is 19.2 Å². The minimum Gasteiger partial charge on any atom is -0.377 e. The summed E-state index contributed by atoms with van der Waals surface area (Å²) < 4.78 is 5.84. The van der Waals surface area contributed by atoms with Gasteiger partial charge >= 0.3 is 0 Å². The molecule has 3 rings (SSSR count). The van der Waals surface area contributed by atoms with Gasteiger partial charge in [-0.05, 0) is 48.6 Å². The lowest BCUT2D eigenvalue weighted by molar-refractivity contribution is 0.0148. The topological polar surface area (TPSA) is 21.3 Å². The van der Waals surface area contributed by atoms with Crippen LogP contribution in [0, 0.1) is 0 Å². The van der Waals surface area contributed by atoms with Gasteiger partial charge in [-0.2, -0.15) is 0 Å². The lowest BCUT2D eigenvalue weighted by Crippen LogP contribution is -2.37. The molecule has 2 heteroatoms. The molecule has 1 N–H and O–H groups in total. The summed E-state index contributed by atoms with van der Waals surface area (Å²) in [6.45, 7) is 6.68. The van der Waals surface area contributed by atoms with Crippen LogP contribution in [0.15, 0.2) is 24.3 Å². The third kappa shape index (κ3) is 2.91. The Hall–Kier alpha value is -0.860. The van der Waals surface area contributed by atoms with E-state index in [1.807, 2.05) is 0 Å². The summed E-state index contributed by atoms with van der Waals surface area (Å²) in [5, 5.41) is 3.76. The Balaban J connectivity index is 1.68. The first-order valence-electron chi connectivity index (χ1n) is 8.11. The molecule has 0 aromatic heterocycles. The van der Waals surface area contributed by atoms with E-state index < -0.39 is 0 Å². The second-order valence-electron chi connectivity index (χ2n) is 6.96. The molecule has 0 amide bonds. The number of ether oxygens (including phenoxy) is 1. The van der Waals surface area contributed by atoms with Crippen molar-refractivity contribution < 1.29 is 4.74 Å². The minimum atomic E-state index is 0.316. The number of fused-ring (bicyclic) bond motifs is 1. The van der Waals surface area contributed by atoms with Gasteiger partial charge in [0.2, 0.25) is 0 Å². The van der Waals surface area contributed by atoms with Crippen LogP contribution in [0.2, 0.25) is 0 Å². The average molecular weight is 273 g/mol. The fraction of sp³-hybridized carbons (Fsp3) is 0.667. The van der Waals surface area contributed by atoms with Crippen LogP contribution in [0.4, 0.5) is 0 Å². The molecular weight excluding hydrogens is 246 g/mol. The summed E-state index contributed by atoms with van der Waals surface area (Å²) in [5.74, 6) is 0. The van der Waals surface area contributed by atoms with E-state index in [0.29, 0.717) is 17.6 Å². The smallest absolute Gasteiger partial charge is 0.0699 e. The van der Waals surface area contributed by atoms with Crippen molar-refractivity contribution in [1.82, 2.24) is 5.32 Å². The maximum Gasteiger partial charge on any atom is 0.0699 e. The fourth-order valence-corrected chi connectivity index (χ4v) is 3.67. The summed E-state index contributed by atoms with van der Waals surface area (Å²) in [7, 11) is 0. The molecule has 110 valence electrons. The molecule has 1 aromatic rings. The van der Waals surface area contributed by atoms with Crippen molar-refractivity contribution in [3.05, 3.63) is 35.4 Å². The average Bonchev–Trinajstić information content (AvgIpc) is 2.48. The Labute approximate surface area is 122 Å². The number of nitrogens with one attached hydrogen (secondary N) is 1. The van der Waals surface area contributed by atoms with E-state index in [9.17, 15) is 0 Å². The number of rotatable bonds is 3. The van der Waals surface area contributed by atoms with Crippen molar-refractivity contribution in [3.8, 4) is 0 Å². The normalized spacial score (nSPS) is 28.9. The van der Waals surface area contributed by atoms with Crippen molar-refractivity contribution in [2.24, 2.45) is 0 Å². The third-order valence-electron chi connectivity index (χ3n) is 4.99. The number of benzene rings is 1. The lowest BCUT2D eigenvalue weighted by Gasteiger charge is -2.38. The first-order chi connectivity index (χ1) is 9.67. The van der Waals surface area contributed by atoms with E-state index in [-0.39, 0.29) is 0 Å². The van der Waals surface area contributed by atoms with Crippen LogP contribution in [-0.2, 0) is 10.2 Å². The van der Waals surface area contributed by atoms with Gasteiger partial charge < -0.3 is 10.1 Å². The van der Waals surface area contributed by atoms with Crippen molar-refractivity contribution in [2.45, 2.75) is 63.5 Å². The lowest BCUT2D eigenvalue weighted by atomic mass is 9.71. The zero-order chi connectivity index (χ0) is 14.0. The maximum absolute atomic E-state index is 5.84. The van der Waals surface area contributed by atoms with Crippen LogP contribution in [0.1, 0.15) is 63.1 Å². The molecule has 2 aliphatic rings. The molecular formula is C18H27NO. The highest BCUT2D eigenvalue weighted by atomic mass is 16.5. The van der Waals surface area contributed by atoms with Crippen molar-refractivity contribution in [1.29, 1.82) is 0 Å². The van der Waals surface area contributed by atoms with E-state index in [1.165, 1.54) is 43.2 Å². The molecule has 2 nitrogen and oxygen atoms in total. The van der Waals surface area contributed by atoms with Gasteiger partial charge in [0.15, 0.2) is 0 Å². The van der Waals surface area contributed by atoms with Gasteiger partial charge in [0.05, 0.1) is 6.10 Å². The Morgan fingerprint density at radius 1 is 1.20 bits per heavy atom. The van der Waals surface area contributed by atoms with Crippen LogP contribution < -0.4 is 5.32 Å². The number of hydrogen-bond acceptors (Lipinski definition) is 2. The summed E-state index contributed by atoms with van der Waals surface area (Å²) >= 11 is 0. The molecule has 1 fully saturated rings. The predicted molar refractivity (Wildman–Crippen MR) is 83.0 cm³/mol. The molecule has 2 unspecified atom stereocenters. The Morgan fingerprint density at radius 3 is 2.85 bits per heavy atom. The molecule has 1 aromatic carbocycles. The minimum absolute atomic E-state index is 0.316. The van der Waals surface area contributed by atoms with Crippen molar-refractivity contribution in [3.63, 3.8) is 0 Å². The highest BCUT2D eigenvalue weighted by molar-refractivity contribution is 5.38. The molecule has 0 saturated carbocycles. The first kappa shape index (κ1) is 14.1. The van der Waals surface area contributed by atoms with Gasteiger partial charge in [0.1, 0.15) is 0 Å². The summed E-state index contributed by atoms with van der Waals surface area (Å²) in [4.78, 5) is 0. The number of hydrogen-bond donors (Lipinski definition) is 1. The Morgan fingerprint density at radius 2 is 2.05 bits per heavy atom. The van der Waals surface area contributed by atoms with Crippen LogP contribution in [0.3, 0.4) is 0 Å². The van der Waals surface area contributed by atoms with Crippen LogP contribution in [-0.4, -0.2) is 19.3 Å². The molecule has 1 aliphatic heterocycles. The summed E-state index contributed by atoms with van der Waals surface area (Å²) in [5.41, 5.74) is 3.34. The first-order valence-corrected chi connectivity index (χ1v) is 8.11. The molecule has 2 atom stereocenters. The van der Waals surface area contributed by atoms with E-state index in [0.717, 1.165) is 13.2 Å². The van der Waals surface area contributed by atoms with Crippen LogP contribution >= 0.6 is 0 Å². The molecule has 1 saturated heterocycles. The van der Waals surface area contributed by atoms with Gasteiger partial charge in [-0.1, -0.05) is 38.1 Å². The fourth-order valence-electron chi connectivity index (χ4n) is 3.67. The highest BCUT2D eigenvalue weighted by Crippen LogP contribution is 2.41. The SMILES string of the molecule is CC1(C)CCC(NCC2CCCCO2)c2ccccc21. The van der Waals surface area contributed by atoms with Crippen molar-refractivity contribution >= 4 is 0 Å². The molecule has 1 heterocycles. The highest BCUT2D eigenvalue weighted by Gasteiger charge is 2.32. The van der Waals surface area contributed by atoms with Gasteiger partial charge in [-0.25, -0.2) is 0 Å². The zero-order valence-corrected chi connectivity index (χ0v) is 12.8. The van der Waals surface area contributed by atoms with Crippen LogP contribution in [0.5, 0.6) is 0 Å². The van der Waals surface area contributed by atoms with Gasteiger partial charge in [0.25, 0.3) is 0 Å². The second kappa shape index (κ2) is 5.87. The predicted octanol–water partition coefficient (Wildman–Crippen LogP) is 3.96. The second-order valence-corrected chi connectivity index (χ2v) is 6.96. The Kier molecular flexibility index (Phi) is 4.13. The Bertz CT molecular complexity index is 448. The summed E-state index contributed by atoms with van der Waals surface area (Å²) in [6, 6.07) is 9.46. The van der Waals surface area contributed by atoms with Crippen molar-refractivity contribution in [2.75, 3.05) is 13.2 Å². The summed E-state index contributed by atoms with van der Waals surface area (Å²) in [6.07, 6.45) is 6.68. The van der Waals surface area contributed by atoms with E-state index in [2.05, 4.69) is 43.4 Å². The van der Waals surface area contributed by atoms with Gasteiger partial charge in [-0.3, -0.25) is 0 Å². The third-order valence-corrected chi connectivity index (χ3v) is 4.99. The van der Waals surface area contributed by atoms with E-state index in [4.69, 9.17) is 4.74 Å². The molecule has 20 heavy (non-hydrogen) atoms. The largest absolute Gasteiger partial charge is 0.377 e. The molecule has 0 spiro atoms. The van der Waals surface area contributed by atoms with E-state index in [1.54, 1.807) is 0 Å². The quantitative estimate of drug-likeness (QED) is 0.900. The molecule has 0 radical (unpaired) electrons. The molecule has 0 bridgehead atoms. The standard InChI is InChI=1S/C18H27NO/c1-18(2)11-10-17(15-8-3-4-9-16(15)18)19-13-14-7-5-6-12-20-14/h3-4,8-9,14,17,19H,5-7,10-13H2,1-2H3. The van der Waals surface area contributed by atoms with Crippen LogP contribution in [0.25, 0.3) is 0 Å². The van der Waals surface area contributed by atoms with E-state index >= 15 is 0 Å². The monoisotopic (exact) mass is 273 g/mol. The molecule has 1 aliphatic carbocycles. The maximum atomic E-state index is 5.84.